The predicted octanol–water partition coefficient (Wildman–Crippen LogP) is 1.59. The number of pyridine rings is 1. The van der Waals surface area contributed by atoms with Gasteiger partial charge in [0, 0.05) is 23.4 Å². The van der Waals surface area contributed by atoms with Gasteiger partial charge in [-0.2, -0.15) is 4.80 Å². The standard InChI is InChI=1S/C22H22N10O/c1-13-11-16(12-14(2)24-13)18-19(15-7-5-4-6-8-15)25-21(23)32-20(18)28-31(22(32)33)10-9-17-26-29-30(3)27-17/h4-8,11-12H,9-10H2,1-3H3,(H2,23,25). The summed E-state index contributed by atoms with van der Waals surface area (Å²) in [5.41, 5.74) is 11.2. The number of hydrogen-bond donors (Lipinski definition) is 1. The second-order valence-electron chi connectivity index (χ2n) is 7.81. The van der Waals surface area contributed by atoms with Crippen LogP contribution < -0.4 is 11.4 Å². The molecular weight excluding hydrogens is 420 g/mol. The summed E-state index contributed by atoms with van der Waals surface area (Å²) >= 11 is 0. The Labute approximate surface area is 188 Å². The first kappa shape index (κ1) is 20.5. The van der Waals surface area contributed by atoms with Crippen molar-refractivity contribution in [2.75, 3.05) is 5.73 Å². The Hall–Kier alpha value is -4.41. The molecule has 0 amide bonds. The van der Waals surface area contributed by atoms with Crippen molar-refractivity contribution < 1.29 is 0 Å². The van der Waals surface area contributed by atoms with Gasteiger partial charge in [0.05, 0.1) is 24.8 Å². The largest absolute Gasteiger partial charge is 0.369 e. The summed E-state index contributed by atoms with van der Waals surface area (Å²) in [6, 6.07) is 13.6. The summed E-state index contributed by atoms with van der Waals surface area (Å²) in [6.07, 6.45) is 0.402. The van der Waals surface area contributed by atoms with Crippen LogP contribution in [0.5, 0.6) is 0 Å². The highest BCUT2D eigenvalue weighted by Crippen LogP contribution is 2.34. The molecule has 0 spiro atoms. The molecule has 0 aliphatic rings. The molecule has 0 radical (unpaired) electrons. The number of nitrogen functional groups attached to an aromatic ring is 1. The van der Waals surface area contributed by atoms with E-state index < -0.39 is 0 Å². The van der Waals surface area contributed by atoms with Crippen molar-refractivity contribution in [1.29, 1.82) is 0 Å². The maximum Gasteiger partial charge on any atom is 0.353 e. The minimum Gasteiger partial charge on any atom is -0.369 e. The molecule has 4 aromatic heterocycles. The number of aryl methyl sites for hydroxylation is 5. The first-order chi connectivity index (χ1) is 15.9. The lowest BCUT2D eigenvalue weighted by molar-refractivity contribution is 0.576. The second kappa shape index (κ2) is 7.93. The van der Waals surface area contributed by atoms with E-state index in [1.807, 2.05) is 56.3 Å². The van der Waals surface area contributed by atoms with Crippen LogP contribution >= 0.6 is 0 Å². The number of tetrazole rings is 1. The van der Waals surface area contributed by atoms with Crippen molar-refractivity contribution in [2.24, 2.45) is 7.05 Å². The van der Waals surface area contributed by atoms with E-state index in [0.29, 0.717) is 23.6 Å². The van der Waals surface area contributed by atoms with Gasteiger partial charge in [-0.3, -0.25) is 4.98 Å². The maximum atomic E-state index is 13.2. The van der Waals surface area contributed by atoms with Gasteiger partial charge in [0.25, 0.3) is 0 Å². The molecule has 166 valence electrons. The third kappa shape index (κ3) is 3.73. The number of benzene rings is 1. The van der Waals surface area contributed by atoms with Crippen molar-refractivity contribution >= 4 is 11.6 Å². The maximum absolute atomic E-state index is 13.2. The molecule has 5 rings (SSSR count). The SMILES string of the molecule is Cc1cc(-c2c(-c3ccccc3)nc(N)n3c(=O)n(CCc4nnn(C)n4)nc23)cc(C)n1. The van der Waals surface area contributed by atoms with Crippen LogP contribution in [-0.2, 0) is 20.0 Å². The molecule has 2 N–H and O–H groups in total. The number of hydrogen-bond acceptors (Lipinski definition) is 8. The first-order valence-electron chi connectivity index (χ1n) is 10.4. The average molecular weight is 442 g/mol. The fourth-order valence-corrected chi connectivity index (χ4v) is 3.93. The van der Waals surface area contributed by atoms with Gasteiger partial charge in [0.15, 0.2) is 11.5 Å². The molecule has 1 aromatic carbocycles. The van der Waals surface area contributed by atoms with Gasteiger partial charge in [-0.15, -0.1) is 15.3 Å². The molecule has 0 aliphatic heterocycles. The zero-order valence-electron chi connectivity index (χ0n) is 18.5. The van der Waals surface area contributed by atoms with Gasteiger partial charge in [-0.1, -0.05) is 30.3 Å². The van der Waals surface area contributed by atoms with Crippen molar-refractivity contribution in [3.05, 3.63) is 70.2 Å². The van der Waals surface area contributed by atoms with Crippen LogP contribution in [0.4, 0.5) is 5.95 Å². The summed E-state index contributed by atoms with van der Waals surface area (Å²) < 4.78 is 2.71. The lowest BCUT2D eigenvalue weighted by atomic mass is 9.99. The fraction of sp³-hybridized carbons (Fsp3) is 0.227. The van der Waals surface area contributed by atoms with Crippen LogP contribution in [0.2, 0.25) is 0 Å². The second-order valence-corrected chi connectivity index (χ2v) is 7.81. The normalized spacial score (nSPS) is 11.4. The monoisotopic (exact) mass is 442 g/mol. The molecule has 0 saturated carbocycles. The van der Waals surface area contributed by atoms with Crippen LogP contribution in [0.1, 0.15) is 17.2 Å². The summed E-state index contributed by atoms with van der Waals surface area (Å²) in [5.74, 6) is 0.599. The molecule has 0 atom stereocenters. The molecule has 11 heteroatoms. The fourth-order valence-electron chi connectivity index (χ4n) is 3.93. The van der Waals surface area contributed by atoms with Gasteiger partial charge < -0.3 is 5.73 Å². The van der Waals surface area contributed by atoms with Gasteiger partial charge in [0.1, 0.15) is 0 Å². The Kier molecular flexibility index (Phi) is 4.93. The Morgan fingerprint density at radius 2 is 1.70 bits per heavy atom. The van der Waals surface area contributed by atoms with Crippen LogP contribution in [0.25, 0.3) is 28.0 Å². The molecular formula is C22H22N10O. The minimum atomic E-state index is -0.373. The van der Waals surface area contributed by atoms with Crippen LogP contribution in [0.15, 0.2) is 47.3 Å². The van der Waals surface area contributed by atoms with Gasteiger partial charge >= 0.3 is 5.69 Å². The highest BCUT2D eigenvalue weighted by atomic mass is 16.2. The highest BCUT2D eigenvalue weighted by molar-refractivity contribution is 5.90. The molecule has 0 unspecified atom stereocenters. The van der Waals surface area contributed by atoms with E-state index in [0.717, 1.165) is 28.1 Å². The van der Waals surface area contributed by atoms with Crippen molar-refractivity contribution in [3.8, 4) is 22.4 Å². The number of nitrogens with two attached hydrogens (primary N) is 1. The molecule has 4 heterocycles. The van der Waals surface area contributed by atoms with Crippen LogP contribution in [0.3, 0.4) is 0 Å². The third-order valence-electron chi connectivity index (χ3n) is 5.27. The van der Waals surface area contributed by atoms with Crippen LogP contribution in [-0.4, -0.2) is 44.4 Å². The molecule has 0 aliphatic carbocycles. The summed E-state index contributed by atoms with van der Waals surface area (Å²) in [6.45, 7) is 4.14. The van der Waals surface area contributed by atoms with E-state index in [1.165, 1.54) is 13.9 Å². The zero-order valence-corrected chi connectivity index (χ0v) is 18.5. The Morgan fingerprint density at radius 1 is 0.970 bits per heavy atom. The summed E-state index contributed by atoms with van der Waals surface area (Å²) in [4.78, 5) is 23.7. The average Bonchev–Trinajstić information content (AvgIpc) is 3.35. The summed E-state index contributed by atoms with van der Waals surface area (Å²) in [5, 5.41) is 16.6. The van der Waals surface area contributed by atoms with E-state index in [9.17, 15) is 4.79 Å². The smallest absolute Gasteiger partial charge is 0.353 e. The molecule has 5 aromatic rings. The lowest BCUT2D eigenvalue weighted by Crippen LogP contribution is -2.24. The van der Waals surface area contributed by atoms with Gasteiger partial charge in [0.2, 0.25) is 5.95 Å². The highest BCUT2D eigenvalue weighted by Gasteiger charge is 2.22. The van der Waals surface area contributed by atoms with E-state index in [2.05, 4.69) is 30.5 Å². The Morgan fingerprint density at radius 3 is 2.36 bits per heavy atom. The van der Waals surface area contributed by atoms with Crippen LogP contribution in [0, 0.1) is 13.8 Å². The van der Waals surface area contributed by atoms with E-state index in [1.54, 1.807) is 7.05 Å². The van der Waals surface area contributed by atoms with Crippen molar-refractivity contribution in [2.45, 2.75) is 26.8 Å². The molecule has 11 nitrogen and oxygen atoms in total. The lowest BCUT2D eigenvalue weighted by Gasteiger charge is -2.13. The number of fused-ring (bicyclic) bond motifs is 1. The van der Waals surface area contributed by atoms with Gasteiger partial charge in [-0.25, -0.2) is 18.9 Å². The topological polar surface area (TPSA) is 135 Å². The number of nitrogens with zero attached hydrogens (tertiary/aromatic N) is 9. The van der Waals surface area contributed by atoms with E-state index in [-0.39, 0.29) is 18.2 Å². The quantitative estimate of drug-likeness (QED) is 0.433. The Balaban J connectivity index is 1.74. The predicted molar refractivity (Wildman–Crippen MR) is 122 cm³/mol. The molecule has 0 bridgehead atoms. The first-order valence-corrected chi connectivity index (χ1v) is 10.4. The molecule has 0 saturated heterocycles. The van der Waals surface area contributed by atoms with Crippen molar-refractivity contribution in [1.82, 2.24) is 44.4 Å². The Bertz CT molecular complexity index is 1510. The molecule has 0 fully saturated rings. The minimum absolute atomic E-state index is 0.0731. The number of aromatic nitrogens is 9. The third-order valence-corrected chi connectivity index (χ3v) is 5.27. The number of rotatable bonds is 5. The summed E-state index contributed by atoms with van der Waals surface area (Å²) in [7, 11) is 1.69. The zero-order chi connectivity index (χ0) is 23.1. The number of anilines is 1. The van der Waals surface area contributed by atoms with E-state index >= 15 is 0 Å². The van der Waals surface area contributed by atoms with Gasteiger partial charge in [-0.05, 0) is 36.8 Å². The van der Waals surface area contributed by atoms with E-state index in [4.69, 9.17) is 5.73 Å². The van der Waals surface area contributed by atoms with Crippen molar-refractivity contribution in [3.63, 3.8) is 0 Å². The molecule has 33 heavy (non-hydrogen) atoms.